The molecule has 150 valence electrons. The minimum absolute atomic E-state index is 0.0997. The lowest BCUT2D eigenvalue weighted by molar-refractivity contribution is -0.119. The zero-order valence-corrected chi connectivity index (χ0v) is 17.4. The van der Waals surface area contributed by atoms with E-state index in [-0.39, 0.29) is 11.8 Å². The Bertz CT molecular complexity index is 961. The minimum Gasteiger partial charge on any atom is -0.325 e. The smallest absolute Gasteiger partial charge is 0.248 e. The van der Waals surface area contributed by atoms with Gasteiger partial charge >= 0.3 is 0 Å². The number of aromatic nitrogens is 2. The number of hydrogen-bond donors (Lipinski definition) is 2. The largest absolute Gasteiger partial charge is 0.325 e. The van der Waals surface area contributed by atoms with E-state index in [1.165, 1.54) is 11.8 Å². The van der Waals surface area contributed by atoms with Gasteiger partial charge in [0.15, 0.2) is 0 Å². The Morgan fingerprint density at radius 3 is 2.52 bits per heavy atom. The van der Waals surface area contributed by atoms with Crippen molar-refractivity contribution >= 4 is 46.6 Å². The normalized spacial score (nSPS) is 11.7. The summed E-state index contributed by atoms with van der Waals surface area (Å²) in [5.41, 5.74) is 2.36. The SMILES string of the molecule is CC(C(=O)Nc1cccc(NC(=O)CSCc2ccc(Cl)cc2)c1)n1cccn1. The second-order valence-corrected chi connectivity index (χ2v) is 7.82. The zero-order chi connectivity index (χ0) is 20.6. The van der Waals surface area contributed by atoms with E-state index in [4.69, 9.17) is 11.6 Å². The number of benzene rings is 2. The number of halogens is 1. The molecule has 0 aliphatic heterocycles. The molecule has 0 spiro atoms. The Kier molecular flexibility index (Phi) is 7.32. The molecule has 8 heteroatoms. The lowest BCUT2D eigenvalue weighted by Crippen LogP contribution is -2.24. The van der Waals surface area contributed by atoms with Crippen LogP contribution in [0, 0.1) is 0 Å². The molecule has 0 radical (unpaired) electrons. The molecule has 1 unspecified atom stereocenters. The molecule has 1 aromatic heterocycles. The molecule has 2 aromatic carbocycles. The first kappa shape index (κ1) is 21.0. The van der Waals surface area contributed by atoms with Gasteiger partial charge in [0.2, 0.25) is 11.8 Å². The molecule has 0 saturated carbocycles. The van der Waals surface area contributed by atoms with Crippen LogP contribution in [0.4, 0.5) is 11.4 Å². The van der Waals surface area contributed by atoms with Gasteiger partial charge in [-0.1, -0.05) is 29.8 Å². The van der Waals surface area contributed by atoms with Crippen molar-refractivity contribution in [2.24, 2.45) is 0 Å². The van der Waals surface area contributed by atoms with Crippen LogP contribution in [0.3, 0.4) is 0 Å². The summed E-state index contributed by atoms with van der Waals surface area (Å²) in [6.45, 7) is 1.77. The van der Waals surface area contributed by atoms with Crippen LogP contribution in [0.5, 0.6) is 0 Å². The third kappa shape index (κ3) is 6.37. The van der Waals surface area contributed by atoms with Crippen LogP contribution in [0.1, 0.15) is 18.5 Å². The van der Waals surface area contributed by atoms with Crippen molar-refractivity contribution < 1.29 is 9.59 Å². The van der Waals surface area contributed by atoms with Crippen molar-refractivity contribution in [2.45, 2.75) is 18.7 Å². The van der Waals surface area contributed by atoms with Crippen LogP contribution in [0.2, 0.25) is 5.02 Å². The van der Waals surface area contributed by atoms with Gasteiger partial charge in [-0.15, -0.1) is 11.8 Å². The second-order valence-electron chi connectivity index (χ2n) is 6.40. The van der Waals surface area contributed by atoms with Gasteiger partial charge in [-0.25, -0.2) is 0 Å². The number of amides is 2. The summed E-state index contributed by atoms with van der Waals surface area (Å²) in [7, 11) is 0. The molecular formula is C21H21ClN4O2S. The van der Waals surface area contributed by atoms with E-state index in [1.54, 1.807) is 54.3 Å². The van der Waals surface area contributed by atoms with Gasteiger partial charge in [0.25, 0.3) is 0 Å². The fourth-order valence-electron chi connectivity index (χ4n) is 2.59. The van der Waals surface area contributed by atoms with Gasteiger partial charge < -0.3 is 10.6 Å². The van der Waals surface area contributed by atoms with Gasteiger partial charge in [-0.2, -0.15) is 5.10 Å². The van der Waals surface area contributed by atoms with E-state index in [0.717, 1.165) is 11.3 Å². The molecule has 1 atom stereocenters. The number of carbonyl (C=O) groups is 2. The van der Waals surface area contributed by atoms with Crippen molar-refractivity contribution in [3.8, 4) is 0 Å². The lowest BCUT2D eigenvalue weighted by atomic mass is 10.2. The number of anilines is 2. The maximum atomic E-state index is 12.4. The quantitative estimate of drug-likeness (QED) is 0.549. The maximum absolute atomic E-state index is 12.4. The highest BCUT2D eigenvalue weighted by molar-refractivity contribution is 7.99. The van der Waals surface area contributed by atoms with Gasteiger partial charge in [0, 0.05) is 34.5 Å². The number of carbonyl (C=O) groups excluding carboxylic acids is 2. The van der Waals surface area contributed by atoms with Crippen molar-refractivity contribution in [3.63, 3.8) is 0 Å². The molecule has 1 heterocycles. The molecule has 3 aromatic rings. The molecule has 3 rings (SSSR count). The van der Waals surface area contributed by atoms with Crippen LogP contribution in [-0.4, -0.2) is 27.3 Å². The molecule has 0 aliphatic carbocycles. The third-order valence-electron chi connectivity index (χ3n) is 4.13. The molecule has 0 bridgehead atoms. The summed E-state index contributed by atoms with van der Waals surface area (Å²) in [4.78, 5) is 24.6. The second kappa shape index (κ2) is 10.1. The molecule has 0 fully saturated rings. The zero-order valence-electron chi connectivity index (χ0n) is 15.8. The van der Waals surface area contributed by atoms with Crippen molar-refractivity contribution in [1.82, 2.24) is 9.78 Å². The number of rotatable bonds is 8. The highest BCUT2D eigenvalue weighted by atomic mass is 35.5. The van der Waals surface area contributed by atoms with E-state index in [2.05, 4.69) is 15.7 Å². The Labute approximate surface area is 178 Å². The Hall–Kier alpha value is -2.77. The first-order chi connectivity index (χ1) is 14.0. The number of nitrogens with one attached hydrogen (secondary N) is 2. The fraction of sp³-hybridized carbons (Fsp3) is 0.190. The van der Waals surface area contributed by atoms with Crippen molar-refractivity contribution in [1.29, 1.82) is 0 Å². The summed E-state index contributed by atoms with van der Waals surface area (Å²) in [6, 6.07) is 16.0. The molecule has 0 saturated heterocycles. The van der Waals surface area contributed by atoms with Crippen molar-refractivity contribution in [2.75, 3.05) is 16.4 Å². The van der Waals surface area contributed by atoms with Gasteiger partial charge in [-0.3, -0.25) is 14.3 Å². The van der Waals surface area contributed by atoms with Crippen LogP contribution < -0.4 is 10.6 Å². The lowest BCUT2D eigenvalue weighted by Gasteiger charge is -2.13. The van der Waals surface area contributed by atoms with Crippen LogP contribution in [0.25, 0.3) is 0 Å². The third-order valence-corrected chi connectivity index (χ3v) is 5.39. The molecular weight excluding hydrogens is 408 g/mol. The highest BCUT2D eigenvalue weighted by Crippen LogP contribution is 2.19. The average molecular weight is 429 g/mol. The van der Waals surface area contributed by atoms with Gasteiger partial charge in [-0.05, 0) is 48.9 Å². The predicted octanol–water partition coefficient (Wildman–Crippen LogP) is 4.61. The van der Waals surface area contributed by atoms with E-state index in [0.29, 0.717) is 22.2 Å². The molecule has 6 nitrogen and oxygen atoms in total. The van der Waals surface area contributed by atoms with E-state index in [1.807, 2.05) is 24.3 Å². The topological polar surface area (TPSA) is 76.0 Å². The van der Waals surface area contributed by atoms with Crippen LogP contribution >= 0.6 is 23.4 Å². The standard InChI is InChI=1S/C21H21ClN4O2S/c1-15(26-11-3-10-23-26)21(28)25-19-5-2-4-18(12-19)24-20(27)14-29-13-16-6-8-17(22)9-7-16/h2-12,15H,13-14H2,1H3,(H,24,27)(H,25,28). The van der Waals surface area contributed by atoms with E-state index in [9.17, 15) is 9.59 Å². The Balaban J connectivity index is 1.49. The summed E-state index contributed by atoms with van der Waals surface area (Å²) in [6.07, 6.45) is 3.37. The van der Waals surface area contributed by atoms with Gasteiger partial charge in [0.1, 0.15) is 6.04 Å². The first-order valence-electron chi connectivity index (χ1n) is 9.03. The van der Waals surface area contributed by atoms with E-state index >= 15 is 0 Å². The number of nitrogens with zero attached hydrogens (tertiary/aromatic N) is 2. The Morgan fingerprint density at radius 1 is 1.10 bits per heavy atom. The van der Waals surface area contributed by atoms with Crippen LogP contribution in [-0.2, 0) is 15.3 Å². The average Bonchev–Trinajstić information content (AvgIpc) is 3.24. The van der Waals surface area contributed by atoms with Crippen molar-refractivity contribution in [3.05, 3.63) is 77.6 Å². The summed E-state index contributed by atoms with van der Waals surface area (Å²) < 4.78 is 1.58. The molecule has 0 aliphatic rings. The Morgan fingerprint density at radius 2 is 1.83 bits per heavy atom. The van der Waals surface area contributed by atoms with Gasteiger partial charge in [0.05, 0.1) is 5.75 Å². The highest BCUT2D eigenvalue weighted by Gasteiger charge is 2.15. The monoisotopic (exact) mass is 428 g/mol. The summed E-state index contributed by atoms with van der Waals surface area (Å²) in [5, 5.41) is 10.5. The molecule has 2 N–H and O–H groups in total. The number of thioether (sulfide) groups is 1. The minimum atomic E-state index is -0.437. The molecule has 2 amide bonds. The summed E-state index contributed by atoms with van der Waals surface area (Å²) in [5.74, 6) is 0.773. The maximum Gasteiger partial charge on any atom is 0.248 e. The van der Waals surface area contributed by atoms with E-state index < -0.39 is 6.04 Å². The summed E-state index contributed by atoms with van der Waals surface area (Å²) >= 11 is 7.39. The van der Waals surface area contributed by atoms with Crippen LogP contribution in [0.15, 0.2) is 67.0 Å². The molecule has 29 heavy (non-hydrogen) atoms. The number of hydrogen-bond acceptors (Lipinski definition) is 4. The fourth-order valence-corrected chi connectivity index (χ4v) is 3.50. The predicted molar refractivity (Wildman–Crippen MR) is 118 cm³/mol. The first-order valence-corrected chi connectivity index (χ1v) is 10.6.